The molecule has 7 nitrogen and oxygen atoms in total. The molecular formula is C21H27N5O2. The van der Waals surface area contributed by atoms with E-state index in [9.17, 15) is 9.59 Å². The largest absolute Gasteiger partial charge is 0.350 e. The predicted molar refractivity (Wildman–Crippen MR) is 109 cm³/mol. The zero-order valence-corrected chi connectivity index (χ0v) is 17.1. The number of hydrogen-bond acceptors (Lipinski definition) is 4. The fourth-order valence-electron chi connectivity index (χ4n) is 3.31. The van der Waals surface area contributed by atoms with Gasteiger partial charge >= 0.3 is 0 Å². The summed E-state index contributed by atoms with van der Waals surface area (Å²) < 4.78 is 1.85. The van der Waals surface area contributed by atoms with Crippen LogP contribution in [0.25, 0.3) is 16.6 Å². The van der Waals surface area contributed by atoms with E-state index in [-0.39, 0.29) is 23.9 Å². The summed E-state index contributed by atoms with van der Waals surface area (Å²) in [5, 5.41) is 11.2. The van der Waals surface area contributed by atoms with Crippen LogP contribution in [0, 0.1) is 13.8 Å². The first-order chi connectivity index (χ1) is 13.2. The van der Waals surface area contributed by atoms with Gasteiger partial charge in [0.1, 0.15) is 0 Å². The molecule has 0 aliphatic carbocycles. The van der Waals surface area contributed by atoms with Crippen LogP contribution in [0.3, 0.4) is 0 Å². The number of fused-ring (bicyclic) bond motifs is 3. The highest BCUT2D eigenvalue weighted by Crippen LogP contribution is 2.22. The fraction of sp³-hybridized carbons (Fsp3) is 0.429. The van der Waals surface area contributed by atoms with Crippen LogP contribution in [0.4, 0.5) is 0 Å². The van der Waals surface area contributed by atoms with E-state index in [4.69, 9.17) is 4.98 Å². The molecular weight excluding hydrogens is 354 g/mol. The fourth-order valence-corrected chi connectivity index (χ4v) is 3.31. The first-order valence-electron chi connectivity index (χ1n) is 9.47. The van der Waals surface area contributed by atoms with Crippen LogP contribution < -0.4 is 10.6 Å². The van der Waals surface area contributed by atoms with Crippen LogP contribution in [0.15, 0.2) is 24.3 Å². The summed E-state index contributed by atoms with van der Waals surface area (Å²) in [6.07, 6.45) is 0.835. The molecule has 28 heavy (non-hydrogen) atoms. The van der Waals surface area contributed by atoms with E-state index in [1.165, 1.54) is 0 Å². The summed E-state index contributed by atoms with van der Waals surface area (Å²) in [7, 11) is 0. The summed E-state index contributed by atoms with van der Waals surface area (Å²) >= 11 is 0. The van der Waals surface area contributed by atoms with Crippen LogP contribution in [-0.2, 0) is 16.0 Å². The Kier molecular flexibility index (Phi) is 5.36. The smallest absolute Gasteiger partial charge is 0.239 e. The minimum atomic E-state index is -0.315. The molecule has 0 saturated carbocycles. The van der Waals surface area contributed by atoms with E-state index in [0.29, 0.717) is 12.8 Å². The molecule has 0 radical (unpaired) electrons. The van der Waals surface area contributed by atoms with Crippen molar-refractivity contribution in [3.63, 3.8) is 0 Å². The number of rotatable bonds is 5. The average molecular weight is 381 g/mol. The molecule has 0 fully saturated rings. The van der Waals surface area contributed by atoms with Crippen molar-refractivity contribution in [3.8, 4) is 0 Å². The molecule has 0 spiro atoms. The van der Waals surface area contributed by atoms with E-state index in [0.717, 1.165) is 33.5 Å². The van der Waals surface area contributed by atoms with Crippen molar-refractivity contribution in [2.24, 2.45) is 0 Å². The normalized spacial score (nSPS) is 11.8. The van der Waals surface area contributed by atoms with Crippen molar-refractivity contribution >= 4 is 28.4 Å². The molecule has 0 atom stereocenters. The van der Waals surface area contributed by atoms with Gasteiger partial charge in [0.15, 0.2) is 5.65 Å². The molecule has 0 aliphatic heterocycles. The molecule has 148 valence electrons. The van der Waals surface area contributed by atoms with Gasteiger partial charge in [0.05, 0.1) is 12.1 Å². The van der Waals surface area contributed by atoms with Gasteiger partial charge in [-0.3, -0.25) is 9.59 Å². The van der Waals surface area contributed by atoms with Crippen LogP contribution in [-0.4, -0.2) is 38.5 Å². The average Bonchev–Trinajstić information content (AvgIpc) is 2.97. The highest BCUT2D eigenvalue weighted by atomic mass is 16.2. The third-order valence-corrected chi connectivity index (χ3v) is 4.58. The lowest BCUT2D eigenvalue weighted by Crippen LogP contribution is -2.45. The van der Waals surface area contributed by atoms with E-state index in [1.54, 1.807) is 0 Å². The van der Waals surface area contributed by atoms with Gasteiger partial charge in [-0.25, -0.2) is 9.50 Å². The third kappa shape index (κ3) is 4.30. The van der Waals surface area contributed by atoms with Gasteiger partial charge in [-0.1, -0.05) is 12.1 Å². The van der Waals surface area contributed by atoms with Gasteiger partial charge in [0.2, 0.25) is 11.8 Å². The second-order valence-corrected chi connectivity index (χ2v) is 8.09. The maximum Gasteiger partial charge on any atom is 0.239 e. The molecule has 2 heterocycles. The number of benzene rings is 1. The number of nitrogens with zero attached hydrogens (tertiary/aromatic N) is 3. The van der Waals surface area contributed by atoms with Crippen LogP contribution in [0.2, 0.25) is 0 Å². The number of aromatic nitrogens is 3. The van der Waals surface area contributed by atoms with E-state index >= 15 is 0 Å². The van der Waals surface area contributed by atoms with Gasteiger partial charge in [-0.2, -0.15) is 5.10 Å². The number of hydrogen-bond donors (Lipinski definition) is 2. The Morgan fingerprint density at radius 3 is 2.54 bits per heavy atom. The van der Waals surface area contributed by atoms with Crippen molar-refractivity contribution in [2.45, 2.75) is 53.0 Å². The van der Waals surface area contributed by atoms with Crippen LogP contribution in [0.1, 0.15) is 44.1 Å². The zero-order valence-electron chi connectivity index (χ0n) is 17.1. The summed E-state index contributed by atoms with van der Waals surface area (Å²) in [4.78, 5) is 28.7. The Balaban J connectivity index is 1.70. The van der Waals surface area contributed by atoms with Crippen molar-refractivity contribution in [1.82, 2.24) is 25.2 Å². The topological polar surface area (TPSA) is 88.4 Å². The lowest BCUT2D eigenvalue weighted by Gasteiger charge is -2.20. The number of carbonyl (C=O) groups is 2. The summed E-state index contributed by atoms with van der Waals surface area (Å²) in [6.45, 7) is 9.65. The van der Waals surface area contributed by atoms with E-state index in [2.05, 4.69) is 15.7 Å². The number of carbonyl (C=O) groups excluding carboxylic acids is 2. The number of aryl methyl sites for hydroxylation is 2. The molecule has 2 aromatic heterocycles. The number of amides is 2. The SMILES string of the molecule is Cc1nc2c3ccccc3nn2c(C)c1CCC(=O)NCC(=O)NC(C)(C)C. The molecule has 7 heteroatoms. The monoisotopic (exact) mass is 381 g/mol. The van der Waals surface area contributed by atoms with Gasteiger partial charge < -0.3 is 10.6 Å². The Morgan fingerprint density at radius 2 is 1.82 bits per heavy atom. The molecule has 0 unspecified atom stereocenters. The van der Waals surface area contributed by atoms with Crippen LogP contribution in [0.5, 0.6) is 0 Å². The molecule has 3 rings (SSSR count). The first kappa shape index (κ1) is 19.8. The van der Waals surface area contributed by atoms with Crippen LogP contribution >= 0.6 is 0 Å². The highest BCUT2D eigenvalue weighted by Gasteiger charge is 2.16. The molecule has 1 aromatic carbocycles. The zero-order chi connectivity index (χ0) is 20.5. The van der Waals surface area contributed by atoms with Crippen molar-refractivity contribution in [2.75, 3.05) is 6.54 Å². The molecule has 0 aliphatic rings. The first-order valence-corrected chi connectivity index (χ1v) is 9.47. The maximum atomic E-state index is 12.2. The molecule has 2 N–H and O–H groups in total. The molecule has 0 bridgehead atoms. The Hall–Kier alpha value is -2.96. The van der Waals surface area contributed by atoms with Gasteiger partial charge in [-0.05, 0) is 58.7 Å². The second-order valence-electron chi connectivity index (χ2n) is 8.09. The minimum absolute atomic E-state index is 0.0180. The number of nitrogens with one attached hydrogen (secondary N) is 2. The summed E-state index contributed by atoms with van der Waals surface area (Å²) in [5.41, 5.74) is 4.31. The van der Waals surface area contributed by atoms with Gasteiger partial charge in [0.25, 0.3) is 0 Å². The Labute approximate surface area is 164 Å². The van der Waals surface area contributed by atoms with Gasteiger partial charge in [-0.15, -0.1) is 0 Å². The lowest BCUT2D eigenvalue weighted by molar-refractivity contribution is -0.126. The molecule has 2 amide bonds. The Bertz CT molecular complexity index is 1050. The van der Waals surface area contributed by atoms with Crippen molar-refractivity contribution < 1.29 is 9.59 Å². The lowest BCUT2D eigenvalue weighted by atomic mass is 10.1. The third-order valence-electron chi connectivity index (χ3n) is 4.58. The van der Waals surface area contributed by atoms with Gasteiger partial charge in [0, 0.05) is 28.7 Å². The Morgan fingerprint density at radius 1 is 1.11 bits per heavy atom. The summed E-state index contributed by atoms with van der Waals surface area (Å²) in [6, 6.07) is 7.91. The van der Waals surface area contributed by atoms with Crippen molar-refractivity contribution in [3.05, 3.63) is 41.2 Å². The standard InChI is InChI=1S/C21H27N5O2/c1-13-15(10-11-18(27)22-12-19(28)24-21(3,4)5)14(2)26-20(23-13)16-8-6-7-9-17(16)25-26/h6-9H,10-12H2,1-5H3,(H,22,27)(H,24,28). The van der Waals surface area contributed by atoms with E-state index in [1.807, 2.05) is 63.4 Å². The quantitative estimate of drug-likeness (QED) is 0.711. The summed E-state index contributed by atoms with van der Waals surface area (Å²) in [5.74, 6) is -0.354. The van der Waals surface area contributed by atoms with Crippen molar-refractivity contribution in [1.29, 1.82) is 0 Å². The highest BCUT2D eigenvalue weighted by molar-refractivity contribution is 5.92. The maximum absolute atomic E-state index is 12.2. The predicted octanol–water partition coefficient (Wildman–Crippen LogP) is 2.46. The molecule has 3 aromatic rings. The minimum Gasteiger partial charge on any atom is -0.350 e. The van der Waals surface area contributed by atoms with E-state index < -0.39 is 0 Å². The second kappa shape index (κ2) is 7.58. The molecule has 0 saturated heterocycles.